The summed E-state index contributed by atoms with van der Waals surface area (Å²) in [4.78, 5) is 6.29. The number of benzene rings is 2. The second-order valence-corrected chi connectivity index (χ2v) is 14.8. The third-order valence-electron chi connectivity index (χ3n) is 8.72. The van der Waals surface area contributed by atoms with Gasteiger partial charge in [0.05, 0.1) is 0 Å². The van der Waals surface area contributed by atoms with Gasteiger partial charge < -0.3 is 9.80 Å². The van der Waals surface area contributed by atoms with E-state index in [9.17, 15) is 0 Å². The molecular formula is C34H51N5S2. The van der Waals surface area contributed by atoms with Crippen molar-refractivity contribution in [1.82, 2.24) is 17.8 Å². The smallest absolute Gasteiger partial charge is 0.0361 e. The summed E-state index contributed by atoms with van der Waals surface area (Å²) in [6.07, 6.45) is 10.8. The van der Waals surface area contributed by atoms with Gasteiger partial charge in [-0.05, 0) is 104 Å². The lowest BCUT2D eigenvalue weighted by molar-refractivity contribution is 0.189. The van der Waals surface area contributed by atoms with Crippen LogP contribution in [0.2, 0.25) is 0 Å². The summed E-state index contributed by atoms with van der Waals surface area (Å²) in [7, 11) is 4.21. The number of nitrogens with zero attached hydrogens (tertiary/aromatic N) is 5. The molecule has 224 valence electrons. The van der Waals surface area contributed by atoms with Crippen molar-refractivity contribution in [3.63, 3.8) is 0 Å². The Labute approximate surface area is 258 Å². The van der Waals surface area contributed by atoms with Crippen molar-refractivity contribution < 1.29 is 0 Å². The van der Waals surface area contributed by atoms with Crippen molar-refractivity contribution in [2.24, 2.45) is 5.92 Å². The van der Waals surface area contributed by atoms with E-state index in [1.807, 2.05) is 24.1 Å². The predicted molar refractivity (Wildman–Crippen MR) is 179 cm³/mol. The van der Waals surface area contributed by atoms with Gasteiger partial charge in [0.2, 0.25) is 0 Å². The van der Waals surface area contributed by atoms with Gasteiger partial charge in [-0.2, -0.15) is 0 Å². The zero-order valence-electron chi connectivity index (χ0n) is 25.5. The second-order valence-electron chi connectivity index (χ2n) is 12.4. The lowest BCUT2D eigenvalue weighted by Crippen LogP contribution is -2.37. The highest BCUT2D eigenvalue weighted by molar-refractivity contribution is 7.97. The van der Waals surface area contributed by atoms with Gasteiger partial charge in [0.25, 0.3) is 0 Å². The Morgan fingerprint density at radius 2 is 1.39 bits per heavy atom. The third kappa shape index (κ3) is 9.77. The Kier molecular flexibility index (Phi) is 12.0. The Balaban J connectivity index is 1.25. The van der Waals surface area contributed by atoms with Crippen LogP contribution in [0.15, 0.2) is 65.6 Å². The van der Waals surface area contributed by atoms with Crippen LogP contribution >= 0.6 is 24.1 Å². The molecule has 5 nitrogen and oxygen atoms in total. The molecule has 2 fully saturated rings. The van der Waals surface area contributed by atoms with E-state index in [0.29, 0.717) is 0 Å². The minimum absolute atomic E-state index is 0.899. The van der Waals surface area contributed by atoms with Crippen LogP contribution in [0, 0.1) is 5.92 Å². The Bertz CT molecular complexity index is 1080. The second kappa shape index (κ2) is 15.8. The maximum absolute atomic E-state index is 4.60. The molecule has 2 aliphatic heterocycles. The summed E-state index contributed by atoms with van der Waals surface area (Å²) in [5, 5.41) is 0. The van der Waals surface area contributed by atoms with Crippen LogP contribution in [-0.4, -0.2) is 84.3 Å². The van der Waals surface area contributed by atoms with Gasteiger partial charge in [-0.3, -0.25) is 0 Å². The van der Waals surface area contributed by atoms with Crippen LogP contribution in [0.4, 0.5) is 5.69 Å². The Hall–Kier alpha value is -1.48. The first-order chi connectivity index (χ1) is 20.0. The molecule has 0 N–H and O–H groups in total. The molecule has 3 aliphatic rings. The molecule has 0 bridgehead atoms. The van der Waals surface area contributed by atoms with E-state index in [0.717, 1.165) is 51.6 Å². The maximum Gasteiger partial charge on any atom is 0.0361 e. The largest absolute Gasteiger partial charge is 0.378 e. The summed E-state index contributed by atoms with van der Waals surface area (Å²) in [6.45, 7) is 14.5. The fourth-order valence-corrected chi connectivity index (χ4v) is 8.65. The molecule has 2 aromatic rings. The molecule has 41 heavy (non-hydrogen) atoms. The first kappa shape index (κ1) is 31.0. The van der Waals surface area contributed by atoms with E-state index in [-0.39, 0.29) is 0 Å². The van der Waals surface area contributed by atoms with E-state index in [4.69, 9.17) is 0 Å². The predicted octanol–water partition coefficient (Wildman–Crippen LogP) is 7.22. The zero-order chi connectivity index (χ0) is 28.4. The number of anilines is 1. The number of hydrogen-bond donors (Lipinski definition) is 0. The average molecular weight is 594 g/mol. The molecule has 2 aromatic carbocycles. The average Bonchev–Trinajstić information content (AvgIpc) is 2.97. The molecule has 1 saturated heterocycles. The van der Waals surface area contributed by atoms with Gasteiger partial charge in [-0.1, -0.05) is 50.1 Å². The number of fused-ring (bicyclic) bond motifs is 1. The summed E-state index contributed by atoms with van der Waals surface area (Å²) in [5.74, 6) is 0.899. The minimum Gasteiger partial charge on any atom is -0.378 e. The molecule has 0 amide bonds. The Morgan fingerprint density at radius 3 is 2.12 bits per heavy atom. The van der Waals surface area contributed by atoms with E-state index in [1.165, 1.54) is 91.9 Å². The minimum atomic E-state index is 0.899. The van der Waals surface area contributed by atoms with Crippen LogP contribution < -0.4 is 4.90 Å². The number of rotatable bonds is 7. The fraction of sp³-hybridized carbons (Fsp3) is 0.588. The maximum atomic E-state index is 4.60. The molecule has 0 unspecified atom stereocenters. The molecule has 1 aliphatic carbocycles. The monoisotopic (exact) mass is 593 g/mol. The standard InChI is InChI=1S/C34H51N5S2/c1-29-25-37(40-34-17-15-33(16-18-34)35(2)3)22-9-20-36(27-30-11-5-4-6-12-30)21-10-23-38(26-29)41-39-24-19-31-13-7-8-14-32(31)28-39/h7-8,13-18,30H,1,4-6,9-12,19-28H2,2-3H3. The van der Waals surface area contributed by atoms with Gasteiger partial charge in [0.15, 0.2) is 0 Å². The summed E-state index contributed by atoms with van der Waals surface area (Å²) >= 11 is 3.87. The molecule has 5 rings (SSSR count). The highest BCUT2D eigenvalue weighted by Gasteiger charge is 2.23. The molecule has 0 aromatic heterocycles. The SMILES string of the molecule is C=C1CN(Sc2ccc(N(C)C)cc2)CCCN(CC2CCCCC2)CCCN(SN2CCc3ccccc3C2)C1. The molecule has 0 radical (unpaired) electrons. The topological polar surface area (TPSA) is 16.2 Å². The van der Waals surface area contributed by atoms with E-state index in [2.05, 4.69) is 91.9 Å². The van der Waals surface area contributed by atoms with E-state index < -0.39 is 0 Å². The van der Waals surface area contributed by atoms with Crippen molar-refractivity contribution in [1.29, 1.82) is 0 Å². The highest BCUT2D eigenvalue weighted by Crippen LogP contribution is 2.30. The molecule has 7 heteroatoms. The van der Waals surface area contributed by atoms with Crippen molar-refractivity contribution >= 4 is 29.8 Å². The first-order valence-electron chi connectivity index (χ1n) is 15.9. The van der Waals surface area contributed by atoms with Gasteiger partial charge >= 0.3 is 0 Å². The van der Waals surface area contributed by atoms with Crippen molar-refractivity contribution in [3.8, 4) is 0 Å². The first-order valence-corrected chi connectivity index (χ1v) is 17.4. The van der Waals surface area contributed by atoms with Crippen LogP contribution in [-0.2, 0) is 13.0 Å². The fourth-order valence-electron chi connectivity index (χ4n) is 6.48. The van der Waals surface area contributed by atoms with Crippen LogP contribution in [0.25, 0.3) is 0 Å². The summed E-state index contributed by atoms with van der Waals surface area (Å²) in [6, 6.07) is 18.0. The quantitative estimate of drug-likeness (QED) is 0.246. The van der Waals surface area contributed by atoms with Crippen molar-refractivity contribution in [3.05, 3.63) is 71.8 Å². The molecule has 2 heterocycles. The summed E-state index contributed by atoms with van der Waals surface area (Å²) in [5.41, 5.74) is 5.57. The Morgan fingerprint density at radius 1 is 0.732 bits per heavy atom. The van der Waals surface area contributed by atoms with Gasteiger partial charge in [0, 0.05) is 82.6 Å². The summed E-state index contributed by atoms with van der Waals surface area (Å²) < 4.78 is 7.73. The van der Waals surface area contributed by atoms with E-state index in [1.54, 1.807) is 0 Å². The van der Waals surface area contributed by atoms with Gasteiger partial charge in [0.1, 0.15) is 0 Å². The van der Waals surface area contributed by atoms with Crippen LogP contribution in [0.3, 0.4) is 0 Å². The van der Waals surface area contributed by atoms with E-state index >= 15 is 0 Å². The van der Waals surface area contributed by atoms with Crippen molar-refractivity contribution in [2.45, 2.75) is 62.8 Å². The third-order valence-corrected chi connectivity index (χ3v) is 10.9. The number of hydrogen-bond acceptors (Lipinski definition) is 7. The normalized spacial score (nSPS) is 21.7. The molecule has 1 saturated carbocycles. The zero-order valence-corrected chi connectivity index (χ0v) is 27.1. The van der Waals surface area contributed by atoms with Crippen LogP contribution in [0.5, 0.6) is 0 Å². The lowest BCUT2D eigenvalue weighted by atomic mass is 9.89. The van der Waals surface area contributed by atoms with Gasteiger partial charge in [-0.25, -0.2) is 12.9 Å². The van der Waals surface area contributed by atoms with Crippen LogP contribution in [0.1, 0.15) is 56.1 Å². The molecular weight excluding hydrogens is 543 g/mol. The molecule has 0 atom stereocenters. The molecule has 0 spiro atoms. The van der Waals surface area contributed by atoms with Gasteiger partial charge in [-0.15, -0.1) is 0 Å². The van der Waals surface area contributed by atoms with Crippen molar-refractivity contribution in [2.75, 3.05) is 71.4 Å². The highest BCUT2D eigenvalue weighted by atomic mass is 32.2. The lowest BCUT2D eigenvalue weighted by Gasteiger charge is -2.35.